The van der Waals surface area contributed by atoms with Crippen molar-refractivity contribution >= 4 is 11.3 Å². The summed E-state index contributed by atoms with van der Waals surface area (Å²) < 4.78 is 5.50. The molecule has 2 atom stereocenters. The Morgan fingerprint density at radius 3 is 2.78 bits per heavy atom. The van der Waals surface area contributed by atoms with Gasteiger partial charge >= 0.3 is 0 Å². The van der Waals surface area contributed by atoms with Crippen LogP contribution in [0.3, 0.4) is 0 Å². The molecule has 0 bridgehead atoms. The third-order valence-corrected chi connectivity index (χ3v) is 3.86. The molecule has 0 amide bonds. The molecule has 0 saturated carbocycles. The van der Waals surface area contributed by atoms with E-state index in [0.29, 0.717) is 6.04 Å². The lowest BCUT2D eigenvalue weighted by molar-refractivity contribution is 0.245. The van der Waals surface area contributed by atoms with Crippen molar-refractivity contribution < 1.29 is 4.42 Å². The van der Waals surface area contributed by atoms with E-state index < -0.39 is 0 Å². The molecule has 1 N–H and O–H groups in total. The van der Waals surface area contributed by atoms with E-state index in [4.69, 9.17) is 4.42 Å². The zero-order valence-corrected chi connectivity index (χ0v) is 11.9. The lowest BCUT2D eigenvalue weighted by Gasteiger charge is -2.24. The van der Waals surface area contributed by atoms with Crippen molar-refractivity contribution in [2.75, 3.05) is 20.6 Å². The molecular formula is C14H20N2OS. The topological polar surface area (TPSA) is 28.4 Å². The summed E-state index contributed by atoms with van der Waals surface area (Å²) in [5.74, 6) is 1.00. The minimum Gasteiger partial charge on any atom is -0.468 e. The third kappa shape index (κ3) is 3.22. The summed E-state index contributed by atoms with van der Waals surface area (Å²) in [5, 5.41) is 7.86. The Labute approximate surface area is 112 Å². The van der Waals surface area contributed by atoms with Gasteiger partial charge in [-0.3, -0.25) is 4.90 Å². The van der Waals surface area contributed by atoms with Crippen LogP contribution in [0.1, 0.15) is 30.3 Å². The van der Waals surface area contributed by atoms with E-state index in [1.54, 1.807) is 17.6 Å². The predicted molar refractivity (Wildman–Crippen MR) is 75.9 cm³/mol. The highest BCUT2D eigenvalue weighted by Gasteiger charge is 2.17. The van der Waals surface area contributed by atoms with Crippen LogP contribution in [0.25, 0.3) is 0 Å². The number of thiophene rings is 1. The first-order valence-corrected chi connectivity index (χ1v) is 7.08. The normalized spacial score (nSPS) is 14.9. The van der Waals surface area contributed by atoms with E-state index in [-0.39, 0.29) is 6.04 Å². The van der Waals surface area contributed by atoms with Crippen molar-refractivity contribution in [2.24, 2.45) is 0 Å². The number of rotatable bonds is 6. The Morgan fingerprint density at radius 2 is 2.22 bits per heavy atom. The van der Waals surface area contributed by atoms with Gasteiger partial charge in [-0.15, -0.1) is 0 Å². The molecule has 2 unspecified atom stereocenters. The van der Waals surface area contributed by atoms with Crippen molar-refractivity contribution in [3.05, 3.63) is 46.5 Å². The predicted octanol–water partition coefficient (Wildman–Crippen LogP) is 3.29. The van der Waals surface area contributed by atoms with E-state index in [2.05, 4.69) is 48.1 Å². The molecule has 0 aliphatic rings. The third-order valence-electron chi connectivity index (χ3n) is 3.16. The second kappa shape index (κ2) is 6.18. The zero-order chi connectivity index (χ0) is 13.0. The summed E-state index contributed by atoms with van der Waals surface area (Å²) in [5.41, 5.74) is 1.34. The molecule has 0 saturated heterocycles. The van der Waals surface area contributed by atoms with Gasteiger partial charge in [-0.25, -0.2) is 0 Å². The Bertz CT molecular complexity index is 436. The second-order valence-electron chi connectivity index (χ2n) is 4.68. The molecule has 0 radical (unpaired) electrons. The van der Waals surface area contributed by atoms with Crippen LogP contribution in [0.4, 0.5) is 0 Å². The van der Waals surface area contributed by atoms with Crippen molar-refractivity contribution in [1.82, 2.24) is 10.2 Å². The van der Waals surface area contributed by atoms with Crippen LogP contribution < -0.4 is 5.32 Å². The molecule has 2 heterocycles. The number of furan rings is 1. The Balaban J connectivity index is 1.94. The fourth-order valence-corrected chi connectivity index (χ4v) is 2.70. The maximum absolute atomic E-state index is 5.50. The van der Waals surface area contributed by atoms with Crippen LogP contribution in [-0.4, -0.2) is 25.5 Å². The highest BCUT2D eigenvalue weighted by molar-refractivity contribution is 7.07. The first-order valence-electron chi connectivity index (χ1n) is 6.14. The summed E-state index contributed by atoms with van der Waals surface area (Å²) >= 11 is 1.74. The molecule has 0 fully saturated rings. The van der Waals surface area contributed by atoms with Gasteiger partial charge in [0.15, 0.2) is 0 Å². The average molecular weight is 264 g/mol. The molecule has 2 aromatic rings. The van der Waals surface area contributed by atoms with E-state index in [9.17, 15) is 0 Å². The van der Waals surface area contributed by atoms with Crippen molar-refractivity contribution in [3.63, 3.8) is 0 Å². The second-order valence-corrected chi connectivity index (χ2v) is 5.46. The lowest BCUT2D eigenvalue weighted by atomic mass is 10.1. The summed E-state index contributed by atoms with van der Waals surface area (Å²) in [7, 11) is 4.15. The SMILES string of the molecule is CC(NCC(c1ccco1)N(C)C)c1ccsc1. The summed E-state index contributed by atoms with van der Waals surface area (Å²) in [6.07, 6.45) is 1.73. The van der Waals surface area contributed by atoms with Gasteiger partial charge in [0.2, 0.25) is 0 Å². The van der Waals surface area contributed by atoms with Crippen molar-refractivity contribution in [1.29, 1.82) is 0 Å². The molecule has 2 aromatic heterocycles. The fraction of sp³-hybridized carbons (Fsp3) is 0.429. The van der Waals surface area contributed by atoms with Gasteiger partial charge in [0.25, 0.3) is 0 Å². The lowest BCUT2D eigenvalue weighted by Crippen LogP contribution is -2.32. The molecule has 4 heteroatoms. The molecule has 0 aromatic carbocycles. The van der Waals surface area contributed by atoms with Crippen LogP contribution in [0.15, 0.2) is 39.6 Å². The number of hydrogen-bond donors (Lipinski definition) is 1. The highest BCUT2D eigenvalue weighted by Crippen LogP contribution is 2.20. The van der Waals surface area contributed by atoms with Crippen LogP contribution >= 0.6 is 11.3 Å². The maximum atomic E-state index is 5.50. The molecule has 3 nitrogen and oxygen atoms in total. The minimum absolute atomic E-state index is 0.265. The van der Waals surface area contributed by atoms with Gasteiger partial charge in [-0.1, -0.05) is 0 Å². The maximum Gasteiger partial charge on any atom is 0.122 e. The van der Waals surface area contributed by atoms with Gasteiger partial charge in [-0.2, -0.15) is 11.3 Å². The Kier molecular flexibility index (Phi) is 4.58. The first-order chi connectivity index (χ1) is 8.68. The highest BCUT2D eigenvalue weighted by atomic mass is 32.1. The summed E-state index contributed by atoms with van der Waals surface area (Å²) in [6.45, 7) is 3.06. The molecule has 0 aliphatic heterocycles. The van der Waals surface area contributed by atoms with Gasteiger partial charge in [0.05, 0.1) is 12.3 Å². The van der Waals surface area contributed by atoms with E-state index in [1.165, 1.54) is 5.56 Å². The van der Waals surface area contributed by atoms with Gasteiger partial charge in [0.1, 0.15) is 5.76 Å². The number of nitrogens with one attached hydrogen (secondary N) is 1. The molecule has 2 rings (SSSR count). The van der Waals surface area contributed by atoms with E-state index >= 15 is 0 Å². The molecule has 0 aliphatic carbocycles. The van der Waals surface area contributed by atoms with Gasteiger partial charge in [-0.05, 0) is 55.5 Å². The molecule has 0 spiro atoms. The van der Waals surface area contributed by atoms with E-state index in [1.807, 2.05) is 12.1 Å². The standard InChI is InChI=1S/C14H20N2OS/c1-11(12-6-8-18-10-12)15-9-13(16(2)3)14-5-4-7-17-14/h4-8,10-11,13,15H,9H2,1-3H3. The monoisotopic (exact) mass is 264 g/mol. The smallest absolute Gasteiger partial charge is 0.122 e. The Morgan fingerprint density at radius 1 is 1.39 bits per heavy atom. The van der Waals surface area contributed by atoms with Crippen LogP contribution in [0.2, 0.25) is 0 Å². The summed E-state index contributed by atoms with van der Waals surface area (Å²) in [4.78, 5) is 2.17. The number of nitrogens with zero attached hydrogens (tertiary/aromatic N) is 1. The van der Waals surface area contributed by atoms with Crippen LogP contribution in [0, 0.1) is 0 Å². The quantitative estimate of drug-likeness (QED) is 0.868. The minimum atomic E-state index is 0.265. The Hall–Kier alpha value is -1.10. The number of hydrogen-bond acceptors (Lipinski definition) is 4. The molecular weight excluding hydrogens is 244 g/mol. The van der Waals surface area contributed by atoms with Crippen LogP contribution in [-0.2, 0) is 0 Å². The molecule has 98 valence electrons. The van der Waals surface area contributed by atoms with Crippen molar-refractivity contribution in [2.45, 2.75) is 19.0 Å². The molecule has 18 heavy (non-hydrogen) atoms. The zero-order valence-electron chi connectivity index (χ0n) is 11.1. The van der Waals surface area contributed by atoms with Gasteiger partial charge < -0.3 is 9.73 Å². The summed E-state index contributed by atoms with van der Waals surface area (Å²) in [6, 6.07) is 6.77. The number of likely N-dealkylation sites (N-methyl/N-ethyl adjacent to an activating group) is 1. The fourth-order valence-electron chi connectivity index (χ4n) is 1.95. The van der Waals surface area contributed by atoms with Gasteiger partial charge in [0, 0.05) is 12.6 Å². The van der Waals surface area contributed by atoms with E-state index in [0.717, 1.165) is 12.3 Å². The average Bonchev–Trinajstić information content (AvgIpc) is 3.01. The first kappa shape index (κ1) is 13.3. The van der Waals surface area contributed by atoms with Crippen molar-refractivity contribution in [3.8, 4) is 0 Å². The van der Waals surface area contributed by atoms with Crippen LogP contribution in [0.5, 0.6) is 0 Å². The largest absolute Gasteiger partial charge is 0.468 e.